The smallest absolute Gasteiger partial charge is 0.354 e. The second-order valence-electron chi connectivity index (χ2n) is 4.81. The summed E-state index contributed by atoms with van der Waals surface area (Å²) in [4.78, 5) is 14.2. The summed E-state index contributed by atoms with van der Waals surface area (Å²) in [7, 11) is 1.36. The molecule has 5 heteroatoms. The van der Waals surface area contributed by atoms with E-state index in [1.165, 1.54) is 12.7 Å². The lowest BCUT2D eigenvalue weighted by molar-refractivity contribution is 0.0595. The van der Waals surface area contributed by atoms with Gasteiger partial charge in [0.15, 0.2) is 0 Å². The maximum Gasteiger partial charge on any atom is 0.354 e. The van der Waals surface area contributed by atoms with Crippen LogP contribution in [0.25, 0.3) is 0 Å². The first kappa shape index (κ1) is 15.3. The third kappa shape index (κ3) is 4.44. The van der Waals surface area contributed by atoms with Gasteiger partial charge in [-0.15, -0.1) is 0 Å². The summed E-state index contributed by atoms with van der Waals surface area (Å²) in [6.07, 6.45) is 2.72. The Morgan fingerprint density at radius 3 is 2.62 bits per heavy atom. The number of nitrogens with one attached hydrogen (secondary N) is 2. The van der Waals surface area contributed by atoms with Crippen molar-refractivity contribution < 1.29 is 14.6 Å². The van der Waals surface area contributed by atoms with Crippen molar-refractivity contribution in [2.75, 3.05) is 13.7 Å². The predicted molar refractivity (Wildman–Crippen MR) is 79.9 cm³/mol. The highest BCUT2D eigenvalue weighted by Gasteiger charge is 2.07. The highest BCUT2D eigenvalue weighted by atomic mass is 16.5. The van der Waals surface area contributed by atoms with Gasteiger partial charge in [0, 0.05) is 12.7 Å². The minimum absolute atomic E-state index is 0.0779. The van der Waals surface area contributed by atoms with Crippen molar-refractivity contribution in [2.24, 2.45) is 0 Å². The fourth-order valence-electron chi connectivity index (χ4n) is 2.05. The van der Waals surface area contributed by atoms with Crippen LogP contribution in [0, 0.1) is 0 Å². The van der Waals surface area contributed by atoms with E-state index in [-0.39, 0.29) is 12.6 Å². The molecule has 0 spiro atoms. The van der Waals surface area contributed by atoms with E-state index in [2.05, 4.69) is 15.0 Å². The van der Waals surface area contributed by atoms with E-state index in [1.54, 1.807) is 12.3 Å². The summed E-state index contributed by atoms with van der Waals surface area (Å²) in [6, 6.07) is 9.71. The van der Waals surface area contributed by atoms with E-state index in [9.17, 15) is 4.79 Å². The Bertz CT molecular complexity index is 575. The quantitative estimate of drug-likeness (QED) is 0.535. The zero-order chi connectivity index (χ0) is 15.1. The van der Waals surface area contributed by atoms with E-state index in [0.29, 0.717) is 12.2 Å². The van der Waals surface area contributed by atoms with Crippen LogP contribution in [0.1, 0.15) is 27.2 Å². The molecule has 0 saturated carbocycles. The standard InChI is InChI=1S/C16H20N2O3/c1-21-16(20)15-8-14(10-18-15)9-17-7-6-12-2-4-13(11-19)5-3-12/h2-5,8,10,17-19H,6-7,9,11H2,1H3. The fourth-order valence-corrected chi connectivity index (χ4v) is 2.05. The molecule has 1 aromatic carbocycles. The molecular weight excluding hydrogens is 268 g/mol. The number of carbonyl (C=O) groups is 1. The zero-order valence-electron chi connectivity index (χ0n) is 12.1. The molecule has 0 aliphatic carbocycles. The first-order valence-electron chi connectivity index (χ1n) is 6.88. The molecule has 21 heavy (non-hydrogen) atoms. The van der Waals surface area contributed by atoms with Gasteiger partial charge < -0.3 is 20.1 Å². The number of esters is 1. The minimum Gasteiger partial charge on any atom is -0.464 e. The molecule has 0 amide bonds. The number of benzene rings is 1. The van der Waals surface area contributed by atoms with E-state index in [1.807, 2.05) is 24.3 Å². The molecule has 0 aliphatic rings. The van der Waals surface area contributed by atoms with Crippen LogP contribution in [-0.4, -0.2) is 29.7 Å². The highest BCUT2D eigenvalue weighted by molar-refractivity contribution is 5.87. The zero-order valence-corrected chi connectivity index (χ0v) is 12.1. The second kappa shape index (κ2) is 7.61. The van der Waals surface area contributed by atoms with Crippen molar-refractivity contribution in [2.45, 2.75) is 19.6 Å². The molecule has 0 saturated heterocycles. The van der Waals surface area contributed by atoms with Crippen LogP contribution in [-0.2, 0) is 24.3 Å². The van der Waals surface area contributed by atoms with Gasteiger partial charge >= 0.3 is 5.97 Å². The van der Waals surface area contributed by atoms with Gasteiger partial charge in [0.25, 0.3) is 0 Å². The molecule has 2 rings (SSSR count). The lowest BCUT2D eigenvalue weighted by Crippen LogP contribution is -2.16. The van der Waals surface area contributed by atoms with Gasteiger partial charge in [-0.2, -0.15) is 0 Å². The van der Waals surface area contributed by atoms with Gasteiger partial charge in [0.2, 0.25) is 0 Å². The summed E-state index contributed by atoms with van der Waals surface area (Å²) < 4.78 is 4.64. The number of aromatic nitrogens is 1. The Hall–Kier alpha value is -2.11. The average Bonchev–Trinajstić information content (AvgIpc) is 3.00. The first-order valence-corrected chi connectivity index (χ1v) is 6.88. The Kier molecular flexibility index (Phi) is 5.54. The lowest BCUT2D eigenvalue weighted by Gasteiger charge is -2.04. The Labute approximate surface area is 124 Å². The van der Waals surface area contributed by atoms with Crippen molar-refractivity contribution in [3.8, 4) is 0 Å². The minimum atomic E-state index is -0.356. The van der Waals surface area contributed by atoms with Crippen molar-refractivity contribution in [3.63, 3.8) is 0 Å². The summed E-state index contributed by atoms with van der Waals surface area (Å²) in [6.45, 7) is 1.62. The topological polar surface area (TPSA) is 74.3 Å². The highest BCUT2D eigenvalue weighted by Crippen LogP contribution is 2.06. The number of H-pyrrole nitrogens is 1. The lowest BCUT2D eigenvalue weighted by atomic mass is 10.1. The van der Waals surface area contributed by atoms with Crippen LogP contribution in [0.4, 0.5) is 0 Å². The molecule has 5 nitrogen and oxygen atoms in total. The SMILES string of the molecule is COC(=O)c1cc(CNCCc2ccc(CO)cc2)c[nH]1. The van der Waals surface area contributed by atoms with Crippen molar-refractivity contribution >= 4 is 5.97 Å². The molecule has 0 aliphatic heterocycles. The number of hydrogen-bond donors (Lipinski definition) is 3. The summed E-state index contributed by atoms with van der Waals surface area (Å²) in [5.41, 5.74) is 3.64. The summed E-state index contributed by atoms with van der Waals surface area (Å²) in [5, 5.41) is 12.3. The maximum atomic E-state index is 11.3. The van der Waals surface area contributed by atoms with Gasteiger partial charge in [-0.25, -0.2) is 4.79 Å². The van der Waals surface area contributed by atoms with Crippen molar-refractivity contribution in [1.82, 2.24) is 10.3 Å². The van der Waals surface area contributed by atoms with Crippen LogP contribution in [0.15, 0.2) is 36.5 Å². The van der Waals surface area contributed by atoms with Gasteiger partial charge in [-0.1, -0.05) is 24.3 Å². The van der Waals surface area contributed by atoms with Crippen LogP contribution in [0.3, 0.4) is 0 Å². The number of ether oxygens (including phenoxy) is 1. The molecule has 112 valence electrons. The van der Waals surface area contributed by atoms with Crippen molar-refractivity contribution in [1.29, 1.82) is 0 Å². The van der Waals surface area contributed by atoms with Crippen LogP contribution in [0.2, 0.25) is 0 Å². The van der Waals surface area contributed by atoms with E-state index < -0.39 is 0 Å². The van der Waals surface area contributed by atoms with Crippen molar-refractivity contribution in [3.05, 3.63) is 58.9 Å². The van der Waals surface area contributed by atoms with Gasteiger partial charge in [-0.3, -0.25) is 0 Å². The van der Waals surface area contributed by atoms with E-state index >= 15 is 0 Å². The molecule has 1 heterocycles. The van der Waals surface area contributed by atoms with E-state index in [0.717, 1.165) is 24.1 Å². The number of rotatable bonds is 7. The molecule has 0 fully saturated rings. The summed E-state index contributed by atoms with van der Waals surface area (Å²) in [5.74, 6) is -0.356. The predicted octanol–water partition coefficient (Wildman–Crippen LogP) is 1.63. The van der Waals surface area contributed by atoms with Gasteiger partial charge in [0.1, 0.15) is 5.69 Å². The third-order valence-electron chi connectivity index (χ3n) is 3.27. The number of aromatic amines is 1. The monoisotopic (exact) mass is 288 g/mol. The number of hydrogen-bond acceptors (Lipinski definition) is 4. The number of aliphatic hydroxyl groups is 1. The number of aliphatic hydroxyl groups excluding tert-OH is 1. The van der Waals surface area contributed by atoms with E-state index in [4.69, 9.17) is 5.11 Å². The van der Waals surface area contributed by atoms with Crippen LogP contribution in [0.5, 0.6) is 0 Å². The molecular formula is C16H20N2O3. The molecule has 0 unspecified atom stereocenters. The fraction of sp³-hybridized carbons (Fsp3) is 0.312. The average molecular weight is 288 g/mol. The molecule has 0 atom stereocenters. The normalized spacial score (nSPS) is 10.6. The Morgan fingerprint density at radius 2 is 1.95 bits per heavy atom. The molecule has 1 aromatic heterocycles. The number of carbonyl (C=O) groups excluding carboxylic acids is 1. The first-order chi connectivity index (χ1) is 10.2. The Balaban J connectivity index is 1.74. The van der Waals surface area contributed by atoms with Crippen LogP contribution >= 0.6 is 0 Å². The molecule has 0 bridgehead atoms. The van der Waals surface area contributed by atoms with Gasteiger partial charge in [0.05, 0.1) is 13.7 Å². The molecule has 0 radical (unpaired) electrons. The third-order valence-corrected chi connectivity index (χ3v) is 3.27. The van der Waals surface area contributed by atoms with Crippen LogP contribution < -0.4 is 5.32 Å². The second-order valence-corrected chi connectivity index (χ2v) is 4.81. The summed E-state index contributed by atoms with van der Waals surface area (Å²) >= 11 is 0. The number of methoxy groups -OCH3 is 1. The Morgan fingerprint density at radius 1 is 1.24 bits per heavy atom. The maximum absolute atomic E-state index is 11.3. The molecule has 3 N–H and O–H groups in total. The van der Waals surface area contributed by atoms with Gasteiger partial charge in [-0.05, 0) is 35.7 Å². The molecule has 2 aromatic rings. The largest absolute Gasteiger partial charge is 0.464 e.